The molecule has 2 heterocycles. The minimum Gasteiger partial charge on any atom is -0.398 e. The number of hydrogen-bond donors (Lipinski definition) is 2. The molecule has 3 N–H and O–H groups in total. The van der Waals surface area contributed by atoms with Crippen molar-refractivity contribution in [3.63, 3.8) is 0 Å². The normalized spacial score (nSPS) is 22.0. The number of hydrogen-bond acceptors (Lipinski definition) is 4. The second-order valence-corrected chi connectivity index (χ2v) is 4.62. The first-order chi connectivity index (χ1) is 9.08. The molecule has 1 saturated heterocycles. The molecule has 2 aliphatic heterocycles. The third kappa shape index (κ3) is 1.71. The van der Waals surface area contributed by atoms with Crippen LogP contribution in [-0.4, -0.2) is 28.7 Å². The Kier molecular flexibility index (Phi) is 2.42. The number of nitrogen functional groups attached to an aromatic ring is 1. The molecular weight excluding hydrogens is 246 g/mol. The lowest BCUT2D eigenvalue weighted by Crippen LogP contribution is -2.52. The van der Waals surface area contributed by atoms with E-state index in [0.29, 0.717) is 23.2 Å². The lowest BCUT2D eigenvalue weighted by atomic mass is 10.0. The van der Waals surface area contributed by atoms with Crippen molar-refractivity contribution in [2.24, 2.45) is 0 Å². The fourth-order valence-corrected chi connectivity index (χ4v) is 2.50. The maximum Gasteiger partial charge on any atom is 0.257 e. The molecule has 2 aliphatic rings. The predicted octanol–water partition coefficient (Wildman–Crippen LogP) is -0.370. The molecule has 1 aromatic carbocycles. The molecule has 3 amide bonds. The van der Waals surface area contributed by atoms with E-state index in [4.69, 9.17) is 5.73 Å². The van der Waals surface area contributed by atoms with Crippen molar-refractivity contribution in [2.75, 3.05) is 5.73 Å². The van der Waals surface area contributed by atoms with Gasteiger partial charge in [0.05, 0.1) is 17.8 Å². The molecule has 0 aliphatic carbocycles. The molecule has 1 unspecified atom stereocenters. The number of rotatable bonds is 1. The number of amides is 3. The number of imide groups is 1. The minimum atomic E-state index is -0.620. The largest absolute Gasteiger partial charge is 0.398 e. The predicted molar refractivity (Wildman–Crippen MR) is 64.6 cm³/mol. The number of piperidine rings is 1. The Labute approximate surface area is 109 Å². The summed E-state index contributed by atoms with van der Waals surface area (Å²) in [6.07, 6.45) is 0.579. The van der Waals surface area contributed by atoms with Gasteiger partial charge in [-0.3, -0.25) is 19.7 Å². The summed E-state index contributed by atoms with van der Waals surface area (Å²) in [6.45, 7) is 0.280. The Morgan fingerprint density at radius 2 is 2.16 bits per heavy atom. The Morgan fingerprint density at radius 3 is 2.84 bits per heavy atom. The van der Waals surface area contributed by atoms with Crippen molar-refractivity contribution in [1.82, 2.24) is 10.2 Å². The summed E-state index contributed by atoms with van der Waals surface area (Å²) in [5, 5.41) is 2.25. The first-order valence-corrected chi connectivity index (χ1v) is 5.93. The Hall–Kier alpha value is -2.55. The van der Waals surface area contributed by atoms with Gasteiger partial charge in [0, 0.05) is 18.1 Å². The topological polar surface area (TPSA) is 92.5 Å². The molecule has 0 saturated carbocycles. The van der Waals surface area contributed by atoms with Crippen LogP contribution in [0.4, 0.5) is 5.69 Å². The average Bonchev–Trinajstić information content (AvgIpc) is 2.68. The van der Waals surface area contributed by atoms with E-state index in [2.05, 4.69) is 17.4 Å². The fourth-order valence-electron chi connectivity index (χ4n) is 2.50. The maximum atomic E-state index is 12.3. The lowest BCUT2D eigenvalue weighted by molar-refractivity contribution is -0.136. The van der Waals surface area contributed by atoms with Gasteiger partial charge in [0.2, 0.25) is 11.8 Å². The van der Waals surface area contributed by atoms with Crippen LogP contribution in [0.1, 0.15) is 28.8 Å². The molecule has 0 aromatic heterocycles. The van der Waals surface area contributed by atoms with Gasteiger partial charge in [0.15, 0.2) is 0 Å². The summed E-state index contributed by atoms with van der Waals surface area (Å²) in [7, 11) is 0. The zero-order valence-corrected chi connectivity index (χ0v) is 10.0. The first kappa shape index (κ1) is 11.5. The van der Waals surface area contributed by atoms with Crippen LogP contribution < -0.4 is 11.1 Å². The highest BCUT2D eigenvalue weighted by atomic mass is 16.2. The molecule has 1 aromatic rings. The van der Waals surface area contributed by atoms with Crippen molar-refractivity contribution in [3.05, 3.63) is 29.3 Å². The zero-order chi connectivity index (χ0) is 13.6. The van der Waals surface area contributed by atoms with Gasteiger partial charge in [-0.15, -0.1) is 0 Å². The highest BCUT2D eigenvalue weighted by Gasteiger charge is 2.39. The number of anilines is 1. The van der Waals surface area contributed by atoms with Crippen LogP contribution in [0.15, 0.2) is 6.07 Å². The van der Waals surface area contributed by atoms with Crippen LogP contribution in [0.25, 0.3) is 0 Å². The van der Waals surface area contributed by atoms with Crippen LogP contribution in [0, 0.1) is 12.1 Å². The first-order valence-electron chi connectivity index (χ1n) is 5.93. The second-order valence-electron chi connectivity index (χ2n) is 4.62. The van der Waals surface area contributed by atoms with Gasteiger partial charge in [0.1, 0.15) is 6.04 Å². The summed E-state index contributed by atoms with van der Waals surface area (Å²) >= 11 is 0. The van der Waals surface area contributed by atoms with Crippen molar-refractivity contribution in [2.45, 2.75) is 25.4 Å². The van der Waals surface area contributed by atoms with Crippen LogP contribution in [0.3, 0.4) is 0 Å². The van der Waals surface area contributed by atoms with Gasteiger partial charge >= 0.3 is 0 Å². The molecule has 1 fully saturated rings. The third-order valence-corrected chi connectivity index (χ3v) is 3.43. The van der Waals surface area contributed by atoms with Crippen molar-refractivity contribution >= 4 is 23.4 Å². The molecule has 0 radical (unpaired) electrons. The van der Waals surface area contributed by atoms with Gasteiger partial charge in [-0.25, -0.2) is 0 Å². The van der Waals surface area contributed by atoms with Gasteiger partial charge in [-0.05, 0) is 6.42 Å². The zero-order valence-electron chi connectivity index (χ0n) is 10.0. The van der Waals surface area contributed by atoms with Crippen molar-refractivity contribution in [3.8, 4) is 0 Å². The van der Waals surface area contributed by atoms with E-state index < -0.39 is 11.9 Å². The van der Waals surface area contributed by atoms with Crippen LogP contribution in [0.5, 0.6) is 0 Å². The van der Waals surface area contributed by atoms with E-state index in [1.54, 1.807) is 0 Å². The summed E-state index contributed by atoms with van der Waals surface area (Å²) in [4.78, 5) is 36.6. The third-order valence-electron chi connectivity index (χ3n) is 3.43. The lowest BCUT2D eigenvalue weighted by Gasteiger charge is -2.29. The number of nitrogens with two attached hydrogens (primary N) is 1. The maximum absolute atomic E-state index is 12.3. The molecule has 96 valence electrons. The van der Waals surface area contributed by atoms with Crippen LogP contribution >= 0.6 is 0 Å². The average molecular weight is 257 g/mol. The van der Waals surface area contributed by atoms with Gasteiger partial charge in [0.25, 0.3) is 5.91 Å². The Balaban J connectivity index is 1.90. The molecule has 0 bridgehead atoms. The van der Waals surface area contributed by atoms with E-state index in [0.717, 1.165) is 0 Å². The number of fused-ring (bicyclic) bond motifs is 1. The van der Waals surface area contributed by atoms with Crippen molar-refractivity contribution in [1.29, 1.82) is 0 Å². The van der Waals surface area contributed by atoms with E-state index >= 15 is 0 Å². The molecule has 19 heavy (non-hydrogen) atoms. The van der Waals surface area contributed by atoms with Gasteiger partial charge < -0.3 is 10.6 Å². The molecule has 1 atom stereocenters. The molecule has 0 spiro atoms. The second kappa shape index (κ2) is 3.99. The summed E-state index contributed by atoms with van der Waals surface area (Å²) < 4.78 is 0. The van der Waals surface area contributed by atoms with Crippen molar-refractivity contribution < 1.29 is 14.4 Å². The number of nitrogens with zero attached hydrogens (tertiary/aromatic N) is 1. The van der Waals surface area contributed by atoms with Gasteiger partial charge in [-0.1, -0.05) is 12.1 Å². The minimum absolute atomic E-state index is 0.238. The fraction of sp³-hybridized carbons (Fsp3) is 0.308. The summed E-state index contributed by atoms with van der Waals surface area (Å²) in [5.41, 5.74) is 7.14. The standard InChI is InChI=1S/C13H11N3O3/c14-8-3-1-2-7-6-16(13(19)11(7)8)9-4-5-10(17)15-12(9)18/h3,9H,4-6,14H2,(H,15,17,18). The van der Waals surface area contributed by atoms with Crippen LogP contribution in [-0.2, 0) is 16.1 Å². The highest BCUT2D eigenvalue weighted by molar-refractivity contribution is 6.07. The monoisotopic (exact) mass is 257 g/mol. The SMILES string of the molecule is Nc1cc#cc2c1C(=O)N(C1CCC(=O)NC1=O)C2. The van der Waals surface area contributed by atoms with E-state index in [1.165, 1.54) is 11.0 Å². The molecule has 3 rings (SSSR count). The van der Waals surface area contributed by atoms with E-state index in [1.807, 2.05) is 0 Å². The van der Waals surface area contributed by atoms with E-state index in [9.17, 15) is 14.4 Å². The Morgan fingerprint density at radius 1 is 1.37 bits per heavy atom. The quantitative estimate of drug-likeness (QED) is 0.671. The van der Waals surface area contributed by atoms with Gasteiger partial charge in [-0.2, -0.15) is 0 Å². The number of carbonyl (C=O) groups excluding carboxylic acids is 3. The molecular formula is C13H11N3O3. The number of nitrogens with one attached hydrogen (secondary N) is 1. The number of carbonyl (C=O) groups is 3. The molecule has 6 heteroatoms. The summed E-state index contributed by atoms with van der Waals surface area (Å²) in [5.74, 6) is -1.02. The summed E-state index contributed by atoms with van der Waals surface area (Å²) in [6, 6.07) is 6.46. The smallest absolute Gasteiger partial charge is 0.257 e. The highest BCUT2D eigenvalue weighted by Crippen LogP contribution is 2.29. The Bertz CT molecular complexity index is 597. The van der Waals surface area contributed by atoms with Crippen LogP contribution in [0.2, 0.25) is 0 Å². The molecule has 6 nitrogen and oxygen atoms in total. The van der Waals surface area contributed by atoms with E-state index in [-0.39, 0.29) is 24.8 Å².